The van der Waals surface area contributed by atoms with Gasteiger partial charge in [-0.3, -0.25) is 4.79 Å². The molecule has 1 aliphatic carbocycles. The quantitative estimate of drug-likeness (QED) is 0.833. The Balaban J connectivity index is 1.91. The molecular formula is C15H26N2O4. The van der Waals surface area contributed by atoms with E-state index in [-0.39, 0.29) is 18.2 Å². The molecule has 2 amide bonds. The van der Waals surface area contributed by atoms with Gasteiger partial charge in [0.25, 0.3) is 0 Å². The molecule has 0 aromatic rings. The van der Waals surface area contributed by atoms with Gasteiger partial charge >= 0.3 is 12.0 Å². The van der Waals surface area contributed by atoms with Crippen molar-refractivity contribution >= 4 is 12.0 Å². The van der Waals surface area contributed by atoms with Crippen molar-refractivity contribution in [3.05, 3.63) is 0 Å². The van der Waals surface area contributed by atoms with Crippen molar-refractivity contribution in [1.82, 2.24) is 10.2 Å². The molecule has 1 aliphatic heterocycles. The zero-order valence-corrected chi connectivity index (χ0v) is 13.0. The minimum Gasteiger partial charge on any atom is -0.481 e. The van der Waals surface area contributed by atoms with E-state index < -0.39 is 11.4 Å². The predicted octanol–water partition coefficient (Wildman–Crippen LogP) is 1.84. The van der Waals surface area contributed by atoms with Crippen molar-refractivity contribution < 1.29 is 19.4 Å². The molecule has 0 atom stereocenters. The zero-order valence-electron chi connectivity index (χ0n) is 13.0. The summed E-state index contributed by atoms with van der Waals surface area (Å²) in [5.74, 6) is -0.787. The summed E-state index contributed by atoms with van der Waals surface area (Å²) in [7, 11) is 0. The van der Waals surface area contributed by atoms with Crippen molar-refractivity contribution in [3.63, 3.8) is 0 Å². The van der Waals surface area contributed by atoms with E-state index in [0.717, 1.165) is 19.3 Å². The topological polar surface area (TPSA) is 78.9 Å². The van der Waals surface area contributed by atoms with Gasteiger partial charge in [0.05, 0.1) is 24.2 Å². The monoisotopic (exact) mass is 298 g/mol. The molecule has 2 N–H and O–H groups in total. The van der Waals surface area contributed by atoms with Crippen LogP contribution in [0.3, 0.4) is 0 Å². The van der Waals surface area contributed by atoms with Crippen LogP contribution < -0.4 is 5.32 Å². The van der Waals surface area contributed by atoms with E-state index in [0.29, 0.717) is 32.5 Å². The van der Waals surface area contributed by atoms with Gasteiger partial charge in [0.2, 0.25) is 0 Å². The number of hydrogen-bond donors (Lipinski definition) is 2. The van der Waals surface area contributed by atoms with E-state index in [1.807, 2.05) is 13.8 Å². The van der Waals surface area contributed by atoms with Crippen LogP contribution in [0.25, 0.3) is 0 Å². The van der Waals surface area contributed by atoms with Crippen LogP contribution in [0.1, 0.15) is 46.0 Å². The number of nitrogens with zero attached hydrogens (tertiary/aromatic N) is 1. The molecule has 0 unspecified atom stereocenters. The average Bonchev–Trinajstić information content (AvgIpc) is 2.44. The van der Waals surface area contributed by atoms with E-state index in [1.165, 1.54) is 0 Å². The fourth-order valence-corrected chi connectivity index (χ4v) is 3.24. The highest BCUT2D eigenvalue weighted by Gasteiger charge is 2.40. The van der Waals surface area contributed by atoms with Crippen LogP contribution in [0.2, 0.25) is 0 Å². The molecule has 1 heterocycles. The van der Waals surface area contributed by atoms with Crippen LogP contribution >= 0.6 is 0 Å². The third-order valence-electron chi connectivity index (χ3n) is 4.56. The maximum atomic E-state index is 12.3. The first-order chi connectivity index (χ1) is 9.85. The molecule has 0 radical (unpaired) electrons. The van der Waals surface area contributed by atoms with E-state index in [1.54, 1.807) is 4.90 Å². The van der Waals surface area contributed by atoms with Gasteiger partial charge in [-0.2, -0.15) is 0 Å². The number of carbonyl (C=O) groups is 2. The summed E-state index contributed by atoms with van der Waals surface area (Å²) in [6.07, 6.45) is 4.23. The molecule has 120 valence electrons. The third kappa shape index (κ3) is 3.87. The zero-order chi connectivity index (χ0) is 15.5. The molecule has 0 bridgehead atoms. The summed E-state index contributed by atoms with van der Waals surface area (Å²) in [6.45, 7) is 5.72. The van der Waals surface area contributed by atoms with Gasteiger partial charge in [0, 0.05) is 13.1 Å². The second kappa shape index (κ2) is 6.22. The lowest BCUT2D eigenvalue weighted by molar-refractivity contribution is -0.150. The Morgan fingerprint density at radius 2 is 1.90 bits per heavy atom. The van der Waals surface area contributed by atoms with Crippen molar-refractivity contribution in [3.8, 4) is 0 Å². The van der Waals surface area contributed by atoms with E-state index >= 15 is 0 Å². The molecule has 2 rings (SSSR count). The van der Waals surface area contributed by atoms with Crippen molar-refractivity contribution in [2.75, 3.05) is 26.2 Å². The fourth-order valence-electron chi connectivity index (χ4n) is 3.24. The first-order valence-electron chi connectivity index (χ1n) is 7.75. The molecule has 1 saturated heterocycles. The molecular weight excluding hydrogens is 272 g/mol. The molecule has 2 aliphatic rings. The van der Waals surface area contributed by atoms with Crippen LogP contribution in [-0.4, -0.2) is 53.8 Å². The number of carbonyl (C=O) groups excluding carboxylic acids is 1. The molecule has 21 heavy (non-hydrogen) atoms. The second-order valence-electron chi connectivity index (χ2n) is 6.83. The highest BCUT2D eigenvalue weighted by Crippen LogP contribution is 2.36. The Kier molecular flexibility index (Phi) is 4.76. The highest BCUT2D eigenvalue weighted by molar-refractivity contribution is 5.78. The Morgan fingerprint density at radius 1 is 1.24 bits per heavy atom. The molecule has 2 fully saturated rings. The number of urea groups is 1. The van der Waals surface area contributed by atoms with Crippen molar-refractivity contribution in [2.45, 2.75) is 51.6 Å². The largest absolute Gasteiger partial charge is 0.481 e. The summed E-state index contributed by atoms with van der Waals surface area (Å²) in [5, 5.41) is 12.3. The number of hydrogen-bond acceptors (Lipinski definition) is 3. The standard InChI is InChI=1S/C15H26N2O4/c1-14(2)11-17(8-9-21-14)13(20)16-10-15(12(18)19)6-4-3-5-7-15/h3-11H2,1-2H3,(H,16,20)(H,18,19). The third-order valence-corrected chi connectivity index (χ3v) is 4.56. The lowest BCUT2D eigenvalue weighted by Gasteiger charge is -2.39. The lowest BCUT2D eigenvalue weighted by Crippen LogP contribution is -2.55. The number of ether oxygens (including phenoxy) is 1. The van der Waals surface area contributed by atoms with Crippen LogP contribution in [0, 0.1) is 5.41 Å². The molecule has 0 aromatic heterocycles. The van der Waals surface area contributed by atoms with Crippen LogP contribution in [-0.2, 0) is 9.53 Å². The number of morpholine rings is 1. The minimum atomic E-state index is -0.787. The number of aliphatic carboxylic acids is 1. The van der Waals surface area contributed by atoms with Crippen molar-refractivity contribution in [1.29, 1.82) is 0 Å². The van der Waals surface area contributed by atoms with Gasteiger partial charge in [0.15, 0.2) is 0 Å². The Morgan fingerprint density at radius 3 is 2.48 bits per heavy atom. The number of carboxylic acids is 1. The van der Waals surface area contributed by atoms with E-state index in [9.17, 15) is 14.7 Å². The summed E-state index contributed by atoms with van der Waals surface area (Å²) < 4.78 is 5.58. The van der Waals surface area contributed by atoms with Crippen LogP contribution in [0.15, 0.2) is 0 Å². The van der Waals surface area contributed by atoms with Crippen molar-refractivity contribution in [2.24, 2.45) is 5.41 Å². The van der Waals surface area contributed by atoms with Gasteiger partial charge in [-0.05, 0) is 26.7 Å². The summed E-state index contributed by atoms with van der Waals surface area (Å²) in [5.41, 5.74) is -1.12. The Labute approximate surface area is 125 Å². The number of rotatable bonds is 3. The lowest BCUT2D eigenvalue weighted by atomic mass is 9.74. The number of nitrogens with one attached hydrogen (secondary N) is 1. The highest BCUT2D eigenvalue weighted by atomic mass is 16.5. The van der Waals surface area contributed by atoms with Gasteiger partial charge in [-0.1, -0.05) is 19.3 Å². The van der Waals surface area contributed by atoms with Gasteiger partial charge in [0.1, 0.15) is 0 Å². The Bertz CT molecular complexity index is 402. The first-order valence-corrected chi connectivity index (χ1v) is 7.75. The van der Waals surface area contributed by atoms with Crippen LogP contribution in [0.5, 0.6) is 0 Å². The molecule has 0 aromatic carbocycles. The maximum absolute atomic E-state index is 12.3. The second-order valence-corrected chi connectivity index (χ2v) is 6.83. The average molecular weight is 298 g/mol. The SMILES string of the molecule is CC1(C)CN(C(=O)NCC2(C(=O)O)CCCCC2)CCO1. The van der Waals surface area contributed by atoms with E-state index in [4.69, 9.17) is 4.74 Å². The van der Waals surface area contributed by atoms with E-state index in [2.05, 4.69) is 5.32 Å². The summed E-state index contributed by atoms with van der Waals surface area (Å²) in [4.78, 5) is 25.6. The molecule has 1 saturated carbocycles. The fraction of sp³-hybridized carbons (Fsp3) is 0.867. The molecule has 6 nitrogen and oxygen atoms in total. The smallest absolute Gasteiger partial charge is 0.317 e. The predicted molar refractivity (Wildman–Crippen MR) is 78.2 cm³/mol. The normalized spacial score (nSPS) is 24.4. The van der Waals surface area contributed by atoms with Gasteiger partial charge in [-0.15, -0.1) is 0 Å². The first kappa shape index (κ1) is 16.1. The Hall–Kier alpha value is -1.30. The van der Waals surface area contributed by atoms with Crippen LogP contribution in [0.4, 0.5) is 4.79 Å². The minimum absolute atomic E-state index is 0.183. The number of carboxylic acid groups (broad SMARTS) is 1. The number of amides is 2. The molecule has 0 spiro atoms. The van der Waals surface area contributed by atoms with Gasteiger partial charge < -0.3 is 20.1 Å². The molecule has 6 heteroatoms. The maximum Gasteiger partial charge on any atom is 0.317 e. The summed E-state index contributed by atoms with van der Waals surface area (Å²) >= 11 is 0. The summed E-state index contributed by atoms with van der Waals surface area (Å²) in [6, 6.07) is -0.183. The van der Waals surface area contributed by atoms with Gasteiger partial charge in [-0.25, -0.2) is 4.79 Å².